The summed E-state index contributed by atoms with van der Waals surface area (Å²) in [6.07, 6.45) is 0. The number of benzene rings is 2. The van der Waals surface area contributed by atoms with Crippen LogP contribution in [0.3, 0.4) is 0 Å². The predicted octanol–water partition coefficient (Wildman–Crippen LogP) is 2.96. The Morgan fingerprint density at radius 3 is 2.00 bits per heavy atom. The van der Waals surface area contributed by atoms with Crippen LogP contribution < -0.4 is 24.3 Å². The summed E-state index contributed by atoms with van der Waals surface area (Å²) in [6, 6.07) is 8.82. The van der Waals surface area contributed by atoms with E-state index in [1.54, 1.807) is 52.7 Å². The number of carbonyl (C=O) groups is 1. The van der Waals surface area contributed by atoms with Crippen molar-refractivity contribution in [2.45, 2.75) is 13.5 Å². The van der Waals surface area contributed by atoms with Crippen molar-refractivity contribution in [3.05, 3.63) is 47.0 Å². The van der Waals surface area contributed by atoms with E-state index in [2.05, 4.69) is 5.32 Å². The third-order valence-electron chi connectivity index (χ3n) is 3.94. The van der Waals surface area contributed by atoms with E-state index < -0.39 is 0 Å². The van der Waals surface area contributed by atoms with Crippen LogP contribution in [0, 0.1) is 6.92 Å². The lowest BCUT2D eigenvalue weighted by molar-refractivity contribution is 0.0950. The van der Waals surface area contributed by atoms with Gasteiger partial charge in [-0.25, -0.2) is 0 Å². The highest BCUT2D eigenvalue weighted by Gasteiger charge is 2.14. The lowest BCUT2D eigenvalue weighted by atomic mass is 10.1. The molecule has 0 spiro atoms. The van der Waals surface area contributed by atoms with Crippen LogP contribution in [0.15, 0.2) is 30.3 Å². The summed E-state index contributed by atoms with van der Waals surface area (Å²) in [6.45, 7) is 2.18. The molecule has 0 saturated heterocycles. The van der Waals surface area contributed by atoms with Crippen LogP contribution in [-0.2, 0) is 6.54 Å². The summed E-state index contributed by atoms with van der Waals surface area (Å²) in [7, 11) is 6.30. The topological polar surface area (TPSA) is 66.0 Å². The second-order valence-corrected chi connectivity index (χ2v) is 5.37. The van der Waals surface area contributed by atoms with E-state index in [0.29, 0.717) is 35.1 Å². The molecule has 0 fully saturated rings. The Balaban J connectivity index is 2.21. The van der Waals surface area contributed by atoms with Gasteiger partial charge in [0.15, 0.2) is 0 Å². The number of nitrogens with one attached hydrogen (secondary N) is 1. The number of hydrogen-bond acceptors (Lipinski definition) is 5. The van der Waals surface area contributed by atoms with Crippen LogP contribution in [0.1, 0.15) is 21.5 Å². The zero-order valence-corrected chi connectivity index (χ0v) is 15.1. The smallest absolute Gasteiger partial charge is 0.251 e. The van der Waals surface area contributed by atoms with Crippen LogP contribution in [-0.4, -0.2) is 34.3 Å². The second-order valence-electron chi connectivity index (χ2n) is 5.37. The predicted molar refractivity (Wildman–Crippen MR) is 95.0 cm³/mol. The Morgan fingerprint density at radius 2 is 1.48 bits per heavy atom. The van der Waals surface area contributed by atoms with Crippen molar-refractivity contribution in [1.82, 2.24) is 5.32 Å². The molecule has 6 heteroatoms. The quantitative estimate of drug-likeness (QED) is 0.836. The minimum absolute atomic E-state index is 0.235. The molecule has 1 N–H and O–H groups in total. The van der Waals surface area contributed by atoms with Crippen LogP contribution >= 0.6 is 0 Å². The third-order valence-corrected chi connectivity index (χ3v) is 3.94. The van der Waals surface area contributed by atoms with Crippen LogP contribution in [0.25, 0.3) is 0 Å². The summed E-state index contributed by atoms with van der Waals surface area (Å²) < 4.78 is 21.2. The van der Waals surface area contributed by atoms with Crippen LogP contribution in [0.2, 0.25) is 0 Å². The first-order chi connectivity index (χ1) is 12.0. The minimum atomic E-state index is -0.235. The van der Waals surface area contributed by atoms with Gasteiger partial charge in [0.1, 0.15) is 23.0 Å². The van der Waals surface area contributed by atoms with Gasteiger partial charge in [0.2, 0.25) is 0 Å². The first-order valence-electron chi connectivity index (χ1n) is 7.75. The van der Waals surface area contributed by atoms with E-state index in [9.17, 15) is 4.79 Å². The summed E-state index contributed by atoms with van der Waals surface area (Å²) in [4.78, 5) is 12.5. The summed E-state index contributed by atoms with van der Waals surface area (Å²) in [5, 5.41) is 2.88. The summed E-state index contributed by atoms with van der Waals surface area (Å²) in [5.41, 5.74) is 2.12. The molecule has 1 amide bonds. The molecule has 0 radical (unpaired) electrons. The second kappa shape index (κ2) is 8.28. The molecule has 0 aromatic heterocycles. The highest BCUT2D eigenvalue weighted by atomic mass is 16.5. The molecule has 134 valence electrons. The molecular formula is C19H23NO5. The largest absolute Gasteiger partial charge is 0.497 e. The fourth-order valence-corrected chi connectivity index (χ4v) is 2.51. The van der Waals surface area contributed by atoms with Gasteiger partial charge >= 0.3 is 0 Å². The lowest BCUT2D eigenvalue weighted by Crippen LogP contribution is -2.23. The number of hydrogen-bond donors (Lipinski definition) is 1. The van der Waals surface area contributed by atoms with Crippen LogP contribution in [0.4, 0.5) is 0 Å². The SMILES string of the molecule is COc1ccc(OC)c(CNC(=O)c2cc(OC)c(C)c(OC)c2)c1. The number of carbonyl (C=O) groups excluding carboxylic acids is 1. The molecule has 25 heavy (non-hydrogen) atoms. The average Bonchev–Trinajstić information content (AvgIpc) is 2.65. The molecule has 0 aliphatic rings. The van der Waals surface area contributed by atoms with Crippen molar-refractivity contribution < 1.29 is 23.7 Å². The van der Waals surface area contributed by atoms with Crippen molar-refractivity contribution in [2.24, 2.45) is 0 Å². The maximum atomic E-state index is 12.5. The van der Waals surface area contributed by atoms with Crippen molar-refractivity contribution in [2.75, 3.05) is 28.4 Å². The normalized spacial score (nSPS) is 10.1. The summed E-state index contributed by atoms with van der Waals surface area (Å²) in [5.74, 6) is 2.34. The molecule has 0 atom stereocenters. The monoisotopic (exact) mass is 345 g/mol. The molecule has 6 nitrogen and oxygen atoms in total. The zero-order valence-electron chi connectivity index (χ0n) is 15.1. The molecule has 0 bridgehead atoms. The Bertz CT molecular complexity index is 732. The molecule has 0 aliphatic carbocycles. The van der Waals surface area contributed by atoms with Gasteiger partial charge in [-0.15, -0.1) is 0 Å². The van der Waals surface area contributed by atoms with Crippen molar-refractivity contribution in [1.29, 1.82) is 0 Å². The van der Waals surface area contributed by atoms with E-state index in [0.717, 1.165) is 11.1 Å². The van der Waals surface area contributed by atoms with Gasteiger partial charge in [-0.1, -0.05) is 0 Å². The molecule has 0 saturated carbocycles. The van der Waals surface area contributed by atoms with Crippen molar-refractivity contribution >= 4 is 5.91 Å². The van der Waals surface area contributed by atoms with E-state index in [1.165, 1.54) is 0 Å². The number of methoxy groups -OCH3 is 4. The number of rotatable bonds is 7. The standard InChI is InChI=1S/C19H23NO5/c1-12-17(24-4)9-13(10-18(12)25-5)19(21)20-11-14-8-15(22-2)6-7-16(14)23-3/h6-10H,11H2,1-5H3,(H,20,21). The van der Waals surface area contributed by atoms with Crippen LogP contribution in [0.5, 0.6) is 23.0 Å². The van der Waals surface area contributed by atoms with Gasteiger partial charge in [-0.05, 0) is 37.3 Å². The Labute approximate surface area is 147 Å². The Hall–Kier alpha value is -2.89. The van der Waals surface area contributed by atoms with Gasteiger partial charge < -0.3 is 24.3 Å². The van der Waals surface area contributed by atoms with Gasteiger partial charge in [-0.3, -0.25) is 4.79 Å². The van der Waals surface area contributed by atoms with E-state index in [4.69, 9.17) is 18.9 Å². The molecule has 0 unspecified atom stereocenters. The van der Waals surface area contributed by atoms with E-state index in [1.807, 2.05) is 13.0 Å². The summed E-state index contributed by atoms with van der Waals surface area (Å²) >= 11 is 0. The average molecular weight is 345 g/mol. The first-order valence-corrected chi connectivity index (χ1v) is 7.75. The molecule has 2 rings (SSSR count). The third kappa shape index (κ3) is 4.15. The Morgan fingerprint density at radius 1 is 0.880 bits per heavy atom. The first kappa shape index (κ1) is 18.4. The maximum Gasteiger partial charge on any atom is 0.251 e. The molecular weight excluding hydrogens is 322 g/mol. The molecule has 0 aliphatic heterocycles. The highest BCUT2D eigenvalue weighted by Crippen LogP contribution is 2.29. The molecule has 2 aromatic carbocycles. The highest BCUT2D eigenvalue weighted by molar-refractivity contribution is 5.95. The van der Waals surface area contributed by atoms with Crippen molar-refractivity contribution in [3.8, 4) is 23.0 Å². The Kier molecular flexibility index (Phi) is 6.11. The van der Waals surface area contributed by atoms with Gasteiger partial charge in [-0.2, -0.15) is 0 Å². The van der Waals surface area contributed by atoms with Crippen molar-refractivity contribution in [3.63, 3.8) is 0 Å². The van der Waals surface area contributed by atoms with Gasteiger partial charge in [0.25, 0.3) is 5.91 Å². The molecule has 2 aromatic rings. The van der Waals surface area contributed by atoms with Gasteiger partial charge in [0, 0.05) is 23.2 Å². The number of ether oxygens (including phenoxy) is 4. The zero-order chi connectivity index (χ0) is 18.4. The maximum absolute atomic E-state index is 12.5. The van der Waals surface area contributed by atoms with E-state index in [-0.39, 0.29) is 5.91 Å². The minimum Gasteiger partial charge on any atom is -0.497 e. The van der Waals surface area contributed by atoms with Gasteiger partial charge in [0.05, 0.1) is 28.4 Å². The fourth-order valence-electron chi connectivity index (χ4n) is 2.51. The molecule has 0 heterocycles. The van der Waals surface area contributed by atoms with E-state index >= 15 is 0 Å². The number of amides is 1. The fraction of sp³-hybridized carbons (Fsp3) is 0.316. The lowest BCUT2D eigenvalue weighted by Gasteiger charge is -2.14.